The molecule has 2 aromatic carbocycles. The minimum absolute atomic E-state index is 0.528. The number of rotatable bonds is 3. The molecule has 3 aromatic rings. The standard InChI is InChI=1S/C17H19N3O/c1-11-4-6-13(9-16(11)21-3)17-19-14-8-12(10-18)5-7-15(14)20(17)2/h4-9H,10,18H2,1-3H3. The number of methoxy groups -OCH3 is 1. The number of nitrogens with zero attached hydrogens (tertiary/aromatic N) is 2. The molecule has 0 fully saturated rings. The molecule has 0 radical (unpaired) electrons. The maximum atomic E-state index is 5.70. The molecular weight excluding hydrogens is 262 g/mol. The normalized spacial score (nSPS) is 11.0. The molecule has 108 valence electrons. The van der Waals surface area contributed by atoms with Crippen LogP contribution in [0.15, 0.2) is 36.4 Å². The van der Waals surface area contributed by atoms with E-state index in [1.807, 2.05) is 32.2 Å². The summed E-state index contributed by atoms with van der Waals surface area (Å²) in [5.41, 5.74) is 11.0. The van der Waals surface area contributed by atoms with Crippen LogP contribution >= 0.6 is 0 Å². The summed E-state index contributed by atoms with van der Waals surface area (Å²) in [5.74, 6) is 1.81. The summed E-state index contributed by atoms with van der Waals surface area (Å²) >= 11 is 0. The van der Waals surface area contributed by atoms with Crippen LogP contribution in [0.3, 0.4) is 0 Å². The van der Waals surface area contributed by atoms with E-state index in [2.05, 4.69) is 22.8 Å². The molecule has 0 atom stereocenters. The second-order valence-electron chi connectivity index (χ2n) is 5.21. The maximum Gasteiger partial charge on any atom is 0.140 e. The Labute approximate surface area is 124 Å². The number of benzene rings is 2. The third kappa shape index (κ3) is 2.28. The fourth-order valence-corrected chi connectivity index (χ4v) is 2.59. The maximum absolute atomic E-state index is 5.70. The van der Waals surface area contributed by atoms with Crippen LogP contribution < -0.4 is 10.5 Å². The summed E-state index contributed by atoms with van der Waals surface area (Å²) < 4.78 is 7.50. The Balaban J connectivity index is 2.18. The molecule has 3 rings (SSSR count). The first-order chi connectivity index (χ1) is 10.1. The van der Waals surface area contributed by atoms with Gasteiger partial charge in [-0.25, -0.2) is 4.98 Å². The predicted octanol–water partition coefficient (Wildman–Crippen LogP) is 3.02. The van der Waals surface area contributed by atoms with Crippen molar-refractivity contribution >= 4 is 11.0 Å². The van der Waals surface area contributed by atoms with Gasteiger partial charge in [0.25, 0.3) is 0 Å². The molecule has 0 amide bonds. The molecule has 1 aromatic heterocycles. The number of hydrogen-bond donors (Lipinski definition) is 1. The molecule has 0 bridgehead atoms. The van der Waals surface area contributed by atoms with Crippen LogP contribution in [-0.2, 0) is 13.6 Å². The largest absolute Gasteiger partial charge is 0.496 e. The number of fused-ring (bicyclic) bond motifs is 1. The van der Waals surface area contributed by atoms with E-state index >= 15 is 0 Å². The molecular formula is C17H19N3O. The molecule has 4 nitrogen and oxygen atoms in total. The van der Waals surface area contributed by atoms with Crippen LogP contribution in [0.2, 0.25) is 0 Å². The van der Waals surface area contributed by atoms with Crippen molar-refractivity contribution in [3.8, 4) is 17.1 Å². The number of hydrogen-bond acceptors (Lipinski definition) is 3. The lowest BCUT2D eigenvalue weighted by Crippen LogP contribution is -1.96. The number of ether oxygens (including phenoxy) is 1. The van der Waals surface area contributed by atoms with Crippen molar-refractivity contribution in [3.05, 3.63) is 47.5 Å². The van der Waals surface area contributed by atoms with Crippen molar-refractivity contribution < 1.29 is 4.74 Å². The summed E-state index contributed by atoms with van der Waals surface area (Å²) in [6.45, 7) is 2.56. The first-order valence-corrected chi connectivity index (χ1v) is 6.94. The van der Waals surface area contributed by atoms with E-state index in [-0.39, 0.29) is 0 Å². The molecule has 4 heteroatoms. The Morgan fingerprint density at radius 1 is 1.19 bits per heavy atom. The molecule has 0 saturated heterocycles. The van der Waals surface area contributed by atoms with Crippen molar-refractivity contribution in [1.29, 1.82) is 0 Å². The molecule has 0 aliphatic rings. The van der Waals surface area contributed by atoms with Gasteiger partial charge in [0.05, 0.1) is 18.1 Å². The fourth-order valence-electron chi connectivity index (χ4n) is 2.59. The Hall–Kier alpha value is -2.33. The monoisotopic (exact) mass is 281 g/mol. The second kappa shape index (κ2) is 5.22. The van der Waals surface area contributed by atoms with Gasteiger partial charge in [-0.2, -0.15) is 0 Å². The lowest BCUT2D eigenvalue weighted by molar-refractivity contribution is 0.412. The number of aromatic nitrogens is 2. The van der Waals surface area contributed by atoms with Crippen molar-refractivity contribution in [3.63, 3.8) is 0 Å². The Morgan fingerprint density at radius 2 is 2.00 bits per heavy atom. The van der Waals surface area contributed by atoms with Gasteiger partial charge in [0, 0.05) is 19.2 Å². The van der Waals surface area contributed by atoms with E-state index in [9.17, 15) is 0 Å². The summed E-state index contributed by atoms with van der Waals surface area (Å²) in [4.78, 5) is 4.75. The smallest absolute Gasteiger partial charge is 0.140 e. The summed E-state index contributed by atoms with van der Waals surface area (Å²) in [6, 6.07) is 12.3. The van der Waals surface area contributed by atoms with Gasteiger partial charge in [-0.15, -0.1) is 0 Å². The highest BCUT2D eigenvalue weighted by atomic mass is 16.5. The van der Waals surface area contributed by atoms with Crippen molar-refractivity contribution in [1.82, 2.24) is 9.55 Å². The summed E-state index contributed by atoms with van der Waals surface area (Å²) in [5, 5.41) is 0. The number of aryl methyl sites for hydroxylation is 2. The first-order valence-electron chi connectivity index (χ1n) is 6.94. The minimum Gasteiger partial charge on any atom is -0.496 e. The lowest BCUT2D eigenvalue weighted by atomic mass is 10.1. The van der Waals surface area contributed by atoms with Crippen LogP contribution in [0.25, 0.3) is 22.4 Å². The van der Waals surface area contributed by atoms with Gasteiger partial charge in [0.2, 0.25) is 0 Å². The Kier molecular flexibility index (Phi) is 3.39. The minimum atomic E-state index is 0.528. The van der Waals surface area contributed by atoms with E-state index < -0.39 is 0 Å². The topological polar surface area (TPSA) is 53.1 Å². The van der Waals surface area contributed by atoms with Crippen molar-refractivity contribution in [2.45, 2.75) is 13.5 Å². The molecule has 2 N–H and O–H groups in total. The van der Waals surface area contributed by atoms with Gasteiger partial charge in [0.15, 0.2) is 0 Å². The molecule has 1 heterocycles. The number of imidazole rings is 1. The lowest BCUT2D eigenvalue weighted by Gasteiger charge is -2.07. The van der Waals surface area contributed by atoms with Crippen molar-refractivity contribution in [2.24, 2.45) is 12.8 Å². The van der Waals surface area contributed by atoms with Crippen LogP contribution in [0.5, 0.6) is 5.75 Å². The van der Waals surface area contributed by atoms with E-state index in [0.29, 0.717) is 6.54 Å². The quantitative estimate of drug-likeness (QED) is 0.803. The van der Waals surface area contributed by atoms with Gasteiger partial charge in [-0.3, -0.25) is 0 Å². The predicted molar refractivity (Wildman–Crippen MR) is 85.3 cm³/mol. The van der Waals surface area contributed by atoms with Crippen LogP contribution in [0.4, 0.5) is 0 Å². The van der Waals surface area contributed by atoms with Gasteiger partial charge < -0.3 is 15.0 Å². The first kappa shape index (κ1) is 13.6. The average molecular weight is 281 g/mol. The zero-order valence-corrected chi connectivity index (χ0v) is 12.6. The molecule has 0 aliphatic carbocycles. The van der Waals surface area contributed by atoms with Crippen molar-refractivity contribution in [2.75, 3.05) is 7.11 Å². The Bertz CT molecular complexity index is 805. The fraction of sp³-hybridized carbons (Fsp3) is 0.235. The van der Waals surface area contributed by atoms with Crippen LogP contribution in [-0.4, -0.2) is 16.7 Å². The van der Waals surface area contributed by atoms with E-state index in [1.165, 1.54) is 0 Å². The highest BCUT2D eigenvalue weighted by Crippen LogP contribution is 2.28. The summed E-state index contributed by atoms with van der Waals surface area (Å²) in [7, 11) is 3.72. The average Bonchev–Trinajstić information content (AvgIpc) is 2.84. The summed E-state index contributed by atoms with van der Waals surface area (Å²) in [6.07, 6.45) is 0. The second-order valence-corrected chi connectivity index (χ2v) is 5.21. The third-order valence-electron chi connectivity index (χ3n) is 3.85. The SMILES string of the molecule is COc1cc(-c2nc3cc(CN)ccc3n2C)ccc1C. The molecule has 21 heavy (non-hydrogen) atoms. The van der Waals surface area contributed by atoms with E-state index in [1.54, 1.807) is 7.11 Å². The van der Waals surface area contributed by atoms with E-state index in [0.717, 1.165) is 39.3 Å². The highest BCUT2D eigenvalue weighted by molar-refractivity contribution is 5.81. The van der Waals surface area contributed by atoms with Crippen LogP contribution in [0.1, 0.15) is 11.1 Å². The molecule has 0 spiro atoms. The van der Waals surface area contributed by atoms with Gasteiger partial charge >= 0.3 is 0 Å². The van der Waals surface area contributed by atoms with Gasteiger partial charge in [0.1, 0.15) is 11.6 Å². The van der Waals surface area contributed by atoms with E-state index in [4.69, 9.17) is 15.5 Å². The van der Waals surface area contributed by atoms with Crippen LogP contribution in [0, 0.1) is 6.92 Å². The molecule has 0 unspecified atom stereocenters. The molecule has 0 saturated carbocycles. The number of nitrogens with two attached hydrogens (primary N) is 1. The van der Waals surface area contributed by atoms with Gasteiger partial charge in [-0.05, 0) is 36.2 Å². The zero-order valence-electron chi connectivity index (χ0n) is 12.6. The molecule has 0 aliphatic heterocycles. The third-order valence-corrected chi connectivity index (χ3v) is 3.85. The highest BCUT2D eigenvalue weighted by Gasteiger charge is 2.11. The van der Waals surface area contributed by atoms with Gasteiger partial charge in [-0.1, -0.05) is 18.2 Å². The Morgan fingerprint density at radius 3 is 2.71 bits per heavy atom. The zero-order chi connectivity index (χ0) is 15.0.